The first-order valence-corrected chi connectivity index (χ1v) is 8.49. The van der Waals surface area contributed by atoms with Gasteiger partial charge in [-0.2, -0.15) is 5.10 Å². The van der Waals surface area contributed by atoms with Gasteiger partial charge in [-0.25, -0.2) is 4.98 Å². The summed E-state index contributed by atoms with van der Waals surface area (Å²) in [6.07, 6.45) is 9.37. The molecule has 2 N–H and O–H groups in total. The maximum Gasteiger partial charge on any atom is 0.290 e. The molecule has 0 aromatic carbocycles. The Morgan fingerprint density at radius 1 is 1.42 bits per heavy atom. The van der Waals surface area contributed by atoms with Gasteiger partial charge in [-0.15, -0.1) is 0 Å². The van der Waals surface area contributed by atoms with Gasteiger partial charge in [0.1, 0.15) is 0 Å². The van der Waals surface area contributed by atoms with Crippen LogP contribution in [0.25, 0.3) is 0 Å². The number of aromatic amines is 1. The molecule has 0 spiro atoms. The number of H-pyrrole nitrogens is 1. The van der Waals surface area contributed by atoms with E-state index >= 15 is 0 Å². The van der Waals surface area contributed by atoms with E-state index in [4.69, 9.17) is 0 Å². The summed E-state index contributed by atoms with van der Waals surface area (Å²) >= 11 is 0. The molecule has 3 heterocycles. The Morgan fingerprint density at radius 2 is 2.25 bits per heavy atom. The fourth-order valence-electron chi connectivity index (χ4n) is 2.99. The van der Waals surface area contributed by atoms with Gasteiger partial charge in [-0.05, 0) is 33.6 Å². The van der Waals surface area contributed by atoms with Crippen LogP contribution in [0.1, 0.15) is 39.2 Å². The van der Waals surface area contributed by atoms with Crippen molar-refractivity contribution in [3.8, 4) is 0 Å². The summed E-state index contributed by atoms with van der Waals surface area (Å²) in [7, 11) is 0. The Hall–Kier alpha value is -2.15. The first kappa shape index (κ1) is 16.7. The second-order valence-electron chi connectivity index (χ2n) is 7.37. The monoisotopic (exact) mass is 330 g/mol. The Balaban J connectivity index is 1.59. The predicted molar refractivity (Wildman–Crippen MR) is 94.2 cm³/mol. The highest BCUT2D eigenvalue weighted by Crippen LogP contribution is 2.16. The maximum atomic E-state index is 11.9. The Morgan fingerprint density at radius 3 is 2.96 bits per heavy atom. The van der Waals surface area contributed by atoms with Crippen molar-refractivity contribution in [1.29, 1.82) is 0 Å². The summed E-state index contributed by atoms with van der Waals surface area (Å²) in [5, 5.41) is 8.02. The van der Waals surface area contributed by atoms with Crippen LogP contribution in [0.5, 0.6) is 0 Å². The molecule has 1 aliphatic rings. The van der Waals surface area contributed by atoms with E-state index in [1.54, 1.807) is 12.4 Å². The quantitative estimate of drug-likeness (QED) is 0.888. The normalized spacial score (nSPS) is 18.8. The zero-order valence-corrected chi connectivity index (χ0v) is 14.6. The average Bonchev–Trinajstić information content (AvgIpc) is 3.03. The van der Waals surface area contributed by atoms with Crippen LogP contribution < -0.4 is 15.8 Å². The molecule has 0 aliphatic carbocycles. The van der Waals surface area contributed by atoms with E-state index in [-0.39, 0.29) is 11.1 Å². The first-order valence-electron chi connectivity index (χ1n) is 8.49. The van der Waals surface area contributed by atoms with E-state index in [2.05, 4.69) is 52.3 Å². The molecular weight excluding hydrogens is 304 g/mol. The zero-order chi connectivity index (χ0) is 17.2. The number of nitrogens with one attached hydrogen (secondary N) is 2. The molecule has 1 saturated heterocycles. The van der Waals surface area contributed by atoms with Crippen LogP contribution in [0.4, 0.5) is 5.82 Å². The summed E-state index contributed by atoms with van der Waals surface area (Å²) in [6.45, 7) is 8.88. The maximum absolute atomic E-state index is 11.9. The molecule has 0 amide bonds. The highest BCUT2D eigenvalue weighted by atomic mass is 16.1. The molecule has 0 unspecified atom stereocenters. The van der Waals surface area contributed by atoms with Gasteiger partial charge in [-0.1, -0.05) is 0 Å². The van der Waals surface area contributed by atoms with Gasteiger partial charge >= 0.3 is 0 Å². The van der Waals surface area contributed by atoms with Crippen molar-refractivity contribution in [2.45, 2.75) is 51.7 Å². The van der Waals surface area contributed by atoms with Crippen molar-refractivity contribution < 1.29 is 0 Å². The fourth-order valence-corrected chi connectivity index (χ4v) is 2.99. The lowest BCUT2D eigenvalue weighted by molar-refractivity contribution is 0.355. The van der Waals surface area contributed by atoms with Gasteiger partial charge in [0, 0.05) is 49.8 Å². The van der Waals surface area contributed by atoms with Gasteiger partial charge in [0.2, 0.25) is 0 Å². The molecule has 0 saturated carbocycles. The number of hydrogen-bond acceptors (Lipinski definition) is 5. The highest BCUT2D eigenvalue weighted by Gasteiger charge is 2.22. The van der Waals surface area contributed by atoms with E-state index in [1.165, 1.54) is 5.56 Å². The molecule has 1 fully saturated rings. The summed E-state index contributed by atoms with van der Waals surface area (Å²) in [5.74, 6) is 0.518. The standard InChI is InChI=1S/C17H26N6O/c1-17(2,3)23-11-13(10-21-23)9-20-14-5-4-8-22(12-14)15-16(24)19-7-6-18-15/h6-7,10-11,14,20H,4-5,8-9,12H2,1-3H3,(H,19,24)/t14-/m0/s1. The van der Waals surface area contributed by atoms with Gasteiger partial charge in [0.05, 0.1) is 11.7 Å². The average molecular weight is 330 g/mol. The summed E-state index contributed by atoms with van der Waals surface area (Å²) in [6, 6.07) is 0.346. The van der Waals surface area contributed by atoms with Crippen LogP contribution in [-0.2, 0) is 12.1 Å². The van der Waals surface area contributed by atoms with Crippen LogP contribution >= 0.6 is 0 Å². The number of piperidine rings is 1. The smallest absolute Gasteiger partial charge is 0.290 e. The summed E-state index contributed by atoms with van der Waals surface area (Å²) in [5.41, 5.74) is 1.06. The molecule has 1 atom stereocenters. The van der Waals surface area contributed by atoms with Crippen molar-refractivity contribution in [3.05, 3.63) is 40.7 Å². The Labute approximate surface area is 142 Å². The van der Waals surface area contributed by atoms with Crippen LogP contribution in [0, 0.1) is 0 Å². The lowest BCUT2D eigenvalue weighted by atomic mass is 10.1. The molecule has 3 rings (SSSR count). The lowest BCUT2D eigenvalue weighted by Gasteiger charge is -2.33. The molecule has 0 radical (unpaired) electrons. The predicted octanol–water partition coefficient (Wildman–Crippen LogP) is 1.48. The van der Waals surface area contributed by atoms with Gasteiger partial charge in [0.15, 0.2) is 5.82 Å². The third kappa shape index (κ3) is 3.84. The van der Waals surface area contributed by atoms with E-state index in [0.29, 0.717) is 11.9 Å². The van der Waals surface area contributed by atoms with Gasteiger partial charge in [-0.3, -0.25) is 9.48 Å². The van der Waals surface area contributed by atoms with Gasteiger partial charge in [0.25, 0.3) is 5.56 Å². The number of aromatic nitrogens is 4. The molecular formula is C17H26N6O. The zero-order valence-electron chi connectivity index (χ0n) is 14.6. The number of nitrogens with zero attached hydrogens (tertiary/aromatic N) is 4. The van der Waals surface area contributed by atoms with Crippen LogP contribution in [-0.4, -0.2) is 38.9 Å². The third-order valence-corrected chi connectivity index (χ3v) is 4.33. The topological polar surface area (TPSA) is 78.8 Å². The van der Waals surface area contributed by atoms with Crippen molar-refractivity contribution in [2.75, 3.05) is 18.0 Å². The van der Waals surface area contributed by atoms with Gasteiger partial charge < -0.3 is 15.2 Å². The minimum Gasteiger partial charge on any atom is -0.350 e. The Bertz CT molecular complexity index is 729. The van der Waals surface area contributed by atoms with Crippen LogP contribution in [0.15, 0.2) is 29.6 Å². The molecule has 7 nitrogen and oxygen atoms in total. The number of anilines is 1. The minimum atomic E-state index is -0.121. The molecule has 130 valence electrons. The molecule has 0 bridgehead atoms. The second kappa shape index (κ2) is 6.76. The van der Waals surface area contributed by atoms with Crippen LogP contribution in [0.3, 0.4) is 0 Å². The van der Waals surface area contributed by atoms with Crippen molar-refractivity contribution >= 4 is 5.82 Å². The fraction of sp³-hybridized carbons (Fsp3) is 0.588. The molecule has 2 aromatic rings. The number of rotatable bonds is 4. The highest BCUT2D eigenvalue weighted by molar-refractivity contribution is 5.36. The van der Waals surface area contributed by atoms with Crippen molar-refractivity contribution in [3.63, 3.8) is 0 Å². The van der Waals surface area contributed by atoms with Crippen molar-refractivity contribution in [2.24, 2.45) is 0 Å². The van der Waals surface area contributed by atoms with E-state index in [1.807, 2.05) is 10.9 Å². The van der Waals surface area contributed by atoms with E-state index in [9.17, 15) is 4.79 Å². The molecule has 7 heteroatoms. The summed E-state index contributed by atoms with van der Waals surface area (Å²) in [4.78, 5) is 20.9. The SMILES string of the molecule is CC(C)(C)n1cc(CN[C@H]2CCCN(c3ncc[nH]c3=O)C2)cn1. The first-order chi connectivity index (χ1) is 11.4. The molecule has 1 aliphatic heterocycles. The molecule has 2 aromatic heterocycles. The number of hydrogen-bond donors (Lipinski definition) is 2. The van der Waals surface area contributed by atoms with Crippen molar-refractivity contribution in [1.82, 2.24) is 25.1 Å². The second-order valence-corrected chi connectivity index (χ2v) is 7.37. The lowest BCUT2D eigenvalue weighted by Crippen LogP contribution is -2.47. The van der Waals surface area contributed by atoms with E-state index in [0.717, 1.165) is 32.5 Å². The minimum absolute atomic E-state index is 0.000106. The van der Waals surface area contributed by atoms with Crippen LogP contribution in [0.2, 0.25) is 0 Å². The van der Waals surface area contributed by atoms with E-state index < -0.39 is 0 Å². The largest absolute Gasteiger partial charge is 0.350 e. The summed E-state index contributed by atoms with van der Waals surface area (Å²) < 4.78 is 1.99. The third-order valence-electron chi connectivity index (χ3n) is 4.33. The molecule has 24 heavy (non-hydrogen) atoms. The Kier molecular flexibility index (Phi) is 4.71.